The molecule has 3 N–H and O–H groups in total. The summed E-state index contributed by atoms with van der Waals surface area (Å²) < 4.78 is 28.4. The number of fused-ring (bicyclic) bond motifs is 1. The first kappa shape index (κ1) is 25.1. The summed E-state index contributed by atoms with van der Waals surface area (Å²) >= 11 is 9.13. The van der Waals surface area contributed by atoms with E-state index < -0.39 is 11.6 Å². The number of anilines is 1. The van der Waals surface area contributed by atoms with E-state index in [9.17, 15) is 8.78 Å². The Morgan fingerprint density at radius 2 is 1.89 bits per heavy atom. The molecule has 0 amide bonds. The number of aromatic nitrogens is 3. The molecule has 0 aliphatic rings. The van der Waals surface area contributed by atoms with Crippen molar-refractivity contribution >= 4 is 75.5 Å². The fourth-order valence-electron chi connectivity index (χ4n) is 2.51. The zero-order chi connectivity index (χ0) is 18.8. The largest absolute Gasteiger partial charge is 0.364 e. The Balaban J connectivity index is 0.00000196. The fourth-order valence-corrected chi connectivity index (χ4v) is 5.01. The number of nitrogens with two attached hydrogens (primary N) is 1. The molecule has 3 aromatic heterocycles. The molecule has 3 rings (SSSR count). The number of thioether (sulfide) groups is 1. The molecule has 0 unspecified atom stereocenters. The van der Waals surface area contributed by atoms with Crippen molar-refractivity contribution < 1.29 is 8.78 Å². The maximum absolute atomic E-state index is 13.8. The highest BCUT2D eigenvalue weighted by atomic mass is 35.5. The zero-order valence-electron chi connectivity index (χ0n) is 14.8. The Hall–Kier alpha value is -0.970. The first-order chi connectivity index (χ1) is 12.4. The van der Waals surface area contributed by atoms with Crippen LogP contribution in [0.3, 0.4) is 0 Å². The highest BCUT2D eigenvalue weighted by Gasteiger charge is 2.19. The van der Waals surface area contributed by atoms with Gasteiger partial charge in [-0.15, -0.1) is 47.9 Å². The molecule has 0 aromatic carbocycles. The summed E-state index contributed by atoms with van der Waals surface area (Å²) in [6, 6.07) is -0.00573. The molecule has 3 heterocycles. The second-order valence-electron chi connectivity index (χ2n) is 5.69. The minimum absolute atomic E-state index is 0. The molecule has 0 saturated carbocycles. The summed E-state index contributed by atoms with van der Waals surface area (Å²) in [4.78, 5) is 14.1. The van der Waals surface area contributed by atoms with Crippen molar-refractivity contribution in [3.05, 3.63) is 39.8 Å². The van der Waals surface area contributed by atoms with Crippen molar-refractivity contribution in [2.75, 3.05) is 11.6 Å². The van der Waals surface area contributed by atoms with E-state index in [4.69, 9.17) is 17.3 Å². The first-order valence-corrected chi connectivity index (χ1v) is 10.1. The molecule has 0 radical (unpaired) electrons. The molecule has 5 nitrogen and oxygen atoms in total. The van der Waals surface area contributed by atoms with Gasteiger partial charge in [0.1, 0.15) is 23.0 Å². The van der Waals surface area contributed by atoms with Crippen molar-refractivity contribution in [3.63, 3.8) is 0 Å². The first-order valence-electron chi connectivity index (χ1n) is 7.71. The Morgan fingerprint density at radius 3 is 2.46 bits per heavy atom. The molecule has 0 spiro atoms. The van der Waals surface area contributed by atoms with Crippen LogP contribution in [0.15, 0.2) is 17.3 Å². The lowest BCUT2D eigenvalue weighted by Crippen LogP contribution is -2.17. The van der Waals surface area contributed by atoms with Gasteiger partial charge in [-0.3, -0.25) is 4.98 Å². The smallest absolute Gasteiger partial charge is 0.225 e. The number of halogens is 5. The third kappa shape index (κ3) is 5.34. The molecule has 28 heavy (non-hydrogen) atoms. The van der Waals surface area contributed by atoms with Gasteiger partial charge in [0.15, 0.2) is 0 Å². The molecule has 0 fully saturated rings. The normalized spacial score (nSPS) is 11.6. The van der Waals surface area contributed by atoms with E-state index in [0.717, 1.165) is 32.4 Å². The van der Waals surface area contributed by atoms with Gasteiger partial charge in [0, 0.05) is 27.9 Å². The quantitative estimate of drug-likeness (QED) is 0.372. The van der Waals surface area contributed by atoms with Crippen LogP contribution < -0.4 is 11.1 Å². The van der Waals surface area contributed by atoms with Gasteiger partial charge in [0.05, 0.1) is 17.1 Å². The molecular weight excluding hydrogens is 471 g/mol. The number of nitrogens with zero attached hydrogens (tertiary/aromatic N) is 3. The lowest BCUT2D eigenvalue weighted by atomic mass is 10.2. The van der Waals surface area contributed by atoms with Gasteiger partial charge in [-0.25, -0.2) is 13.8 Å². The number of rotatable bonds is 6. The summed E-state index contributed by atoms with van der Waals surface area (Å²) in [5, 5.41) is 3.04. The summed E-state index contributed by atoms with van der Waals surface area (Å²) in [5.74, 6) is -1.00. The predicted octanol–water partition coefficient (Wildman–Crippen LogP) is 5.09. The third-order valence-electron chi connectivity index (χ3n) is 3.63. The lowest BCUT2D eigenvalue weighted by Gasteiger charge is -2.08. The van der Waals surface area contributed by atoms with Crippen molar-refractivity contribution in [1.82, 2.24) is 15.0 Å². The number of hydrogen-bond acceptors (Lipinski definition) is 7. The molecule has 1 atom stereocenters. The standard InChI is InChI=1S/C16H16ClF2N5S2.2ClH/c1-7(20)3-11-13(25-2)12-14(26-11)15(24-16(17)23-12)22-4-8-9(18)5-21-6-10(8)19;;/h5-7H,3-4,20H2,1-2H3,(H,22,23,24);2*1H/t7-;;/m0../s1. The van der Waals surface area contributed by atoms with Gasteiger partial charge >= 0.3 is 0 Å². The molecule has 0 saturated heterocycles. The average molecular weight is 489 g/mol. The van der Waals surface area contributed by atoms with E-state index in [0.29, 0.717) is 12.2 Å². The van der Waals surface area contributed by atoms with Crippen LogP contribution in [0.25, 0.3) is 10.2 Å². The summed E-state index contributed by atoms with van der Waals surface area (Å²) in [6.45, 7) is 1.85. The van der Waals surface area contributed by atoms with Crippen molar-refractivity contribution in [3.8, 4) is 0 Å². The van der Waals surface area contributed by atoms with Gasteiger partial charge in [-0.2, -0.15) is 4.98 Å². The van der Waals surface area contributed by atoms with Gasteiger partial charge in [-0.1, -0.05) is 0 Å². The highest BCUT2D eigenvalue weighted by Crippen LogP contribution is 2.40. The Kier molecular flexibility index (Phi) is 9.58. The second-order valence-corrected chi connectivity index (χ2v) is 7.95. The average Bonchev–Trinajstić information content (AvgIpc) is 2.90. The van der Waals surface area contributed by atoms with Gasteiger partial charge in [0.2, 0.25) is 5.28 Å². The second kappa shape index (κ2) is 10.7. The van der Waals surface area contributed by atoms with Crippen molar-refractivity contribution in [2.24, 2.45) is 5.73 Å². The lowest BCUT2D eigenvalue weighted by molar-refractivity contribution is 0.550. The van der Waals surface area contributed by atoms with Crippen LogP contribution in [0.1, 0.15) is 17.4 Å². The van der Waals surface area contributed by atoms with Crippen LogP contribution in [-0.4, -0.2) is 27.2 Å². The van der Waals surface area contributed by atoms with Crippen LogP contribution >= 0.6 is 59.5 Å². The minimum Gasteiger partial charge on any atom is -0.364 e. The molecule has 3 aromatic rings. The maximum Gasteiger partial charge on any atom is 0.225 e. The van der Waals surface area contributed by atoms with E-state index in [1.54, 1.807) is 11.8 Å². The zero-order valence-corrected chi connectivity index (χ0v) is 18.9. The van der Waals surface area contributed by atoms with E-state index >= 15 is 0 Å². The molecule has 0 aliphatic heterocycles. The van der Waals surface area contributed by atoms with Gasteiger partial charge in [0.25, 0.3) is 0 Å². The minimum atomic E-state index is -0.720. The SMILES string of the molecule is CSc1c(C[C@H](C)N)sc2c(NCc3c(F)cncc3F)nc(Cl)nc12.Cl.Cl. The highest BCUT2D eigenvalue weighted by molar-refractivity contribution is 7.99. The Morgan fingerprint density at radius 1 is 1.25 bits per heavy atom. The molecular formula is C16H18Cl3F2N5S2. The van der Waals surface area contributed by atoms with Crippen LogP contribution in [0.4, 0.5) is 14.6 Å². The maximum atomic E-state index is 13.8. The van der Waals surface area contributed by atoms with E-state index in [-0.39, 0.29) is 48.2 Å². The number of thiophene rings is 1. The van der Waals surface area contributed by atoms with Gasteiger partial charge in [-0.05, 0) is 31.2 Å². The molecule has 0 aliphatic carbocycles. The number of nitrogens with one attached hydrogen (secondary N) is 1. The van der Waals surface area contributed by atoms with E-state index in [2.05, 4.69) is 20.3 Å². The van der Waals surface area contributed by atoms with Crippen LogP contribution in [0.5, 0.6) is 0 Å². The van der Waals surface area contributed by atoms with Crippen LogP contribution in [0, 0.1) is 11.6 Å². The Bertz CT molecular complexity index is 935. The molecule has 154 valence electrons. The van der Waals surface area contributed by atoms with Crippen LogP contribution in [-0.2, 0) is 13.0 Å². The monoisotopic (exact) mass is 487 g/mol. The van der Waals surface area contributed by atoms with Crippen molar-refractivity contribution in [1.29, 1.82) is 0 Å². The third-order valence-corrected chi connectivity index (χ3v) is 5.98. The predicted molar refractivity (Wildman–Crippen MR) is 118 cm³/mol. The topological polar surface area (TPSA) is 76.7 Å². The summed E-state index contributed by atoms with van der Waals surface area (Å²) in [7, 11) is 0. The number of hydrogen-bond donors (Lipinski definition) is 2. The number of pyridine rings is 1. The fraction of sp³-hybridized carbons (Fsp3) is 0.312. The van der Waals surface area contributed by atoms with Crippen molar-refractivity contribution in [2.45, 2.75) is 30.8 Å². The molecule has 0 bridgehead atoms. The molecule has 12 heteroatoms. The van der Waals surface area contributed by atoms with E-state index in [1.165, 1.54) is 11.3 Å². The van der Waals surface area contributed by atoms with Crippen LogP contribution in [0.2, 0.25) is 5.28 Å². The summed E-state index contributed by atoms with van der Waals surface area (Å²) in [6.07, 6.45) is 4.60. The summed E-state index contributed by atoms with van der Waals surface area (Å²) in [5.41, 5.74) is 6.54. The van der Waals surface area contributed by atoms with Gasteiger partial charge < -0.3 is 11.1 Å². The Labute approximate surface area is 186 Å². The van der Waals surface area contributed by atoms with E-state index in [1.807, 2.05) is 13.2 Å².